The first kappa shape index (κ1) is 23.4. The minimum Gasteiger partial charge on any atom is -0.322 e. The number of carbonyl (C=O) groups is 3. The highest BCUT2D eigenvalue weighted by atomic mass is 32.2. The minimum atomic E-state index is -1.74. The van der Waals surface area contributed by atoms with E-state index in [0.29, 0.717) is 22.7 Å². The highest BCUT2D eigenvalue weighted by Gasteiger charge is 2.36. The van der Waals surface area contributed by atoms with Crippen molar-refractivity contribution in [1.82, 2.24) is 9.47 Å². The first-order valence-corrected chi connectivity index (χ1v) is 10.9. The van der Waals surface area contributed by atoms with E-state index in [1.165, 1.54) is 0 Å². The van der Waals surface area contributed by atoms with E-state index < -0.39 is 46.7 Å². The molecule has 1 saturated heterocycles. The summed E-state index contributed by atoms with van der Waals surface area (Å²) in [4.78, 5) is 38.3. The quantitative estimate of drug-likeness (QED) is 0.399. The van der Waals surface area contributed by atoms with E-state index in [0.717, 1.165) is 28.7 Å². The van der Waals surface area contributed by atoms with Gasteiger partial charge in [-0.2, -0.15) is 0 Å². The van der Waals surface area contributed by atoms with Crippen molar-refractivity contribution in [3.63, 3.8) is 0 Å². The second-order valence-electron chi connectivity index (χ2n) is 7.54. The van der Waals surface area contributed by atoms with Gasteiger partial charge in [0.05, 0.1) is 10.6 Å². The molecule has 34 heavy (non-hydrogen) atoms. The summed E-state index contributed by atoms with van der Waals surface area (Å²) in [6.45, 7) is 3.11. The van der Waals surface area contributed by atoms with Gasteiger partial charge in [-0.15, -0.1) is 0 Å². The van der Waals surface area contributed by atoms with E-state index in [9.17, 15) is 27.6 Å². The Balaban J connectivity index is 1.52. The van der Waals surface area contributed by atoms with Crippen molar-refractivity contribution in [3.8, 4) is 5.69 Å². The number of halogens is 3. The minimum absolute atomic E-state index is 0.130. The first-order chi connectivity index (χ1) is 16.2. The average Bonchev–Trinajstić information content (AvgIpc) is 3.23. The van der Waals surface area contributed by atoms with Crippen LogP contribution in [0.2, 0.25) is 0 Å². The number of rotatable bonds is 5. The van der Waals surface area contributed by atoms with Crippen molar-refractivity contribution >= 4 is 40.6 Å². The van der Waals surface area contributed by atoms with Crippen LogP contribution in [-0.4, -0.2) is 33.1 Å². The molecule has 1 aromatic heterocycles. The number of aromatic nitrogens is 1. The van der Waals surface area contributed by atoms with E-state index in [4.69, 9.17) is 0 Å². The number of nitrogens with one attached hydrogen (secondary N) is 1. The second kappa shape index (κ2) is 9.22. The lowest BCUT2D eigenvalue weighted by Crippen LogP contribution is -2.36. The molecule has 0 bridgehead atoms. The summed E-state index contributed by atoms with van der Waals surface area (Å²) in [6, 6.07) is 13.0. The Hall–Kier alpha value is -3.79. The van der Waals surface area contributed by atoms with Gasteiger partial charge in [0.15, 0.2) is 17.5 Å². The van der Waals surface area contributed by atoms with Gasteiger partial charge in [0.1, 0.15) is 6.54 Å². The number of amides is 3. The number of anilines is 1. The third-order valence-corrected chi connectivity index (χ3v) is 6.16. The predicted octanol–water partition coefficient (Wildman–Crippen LogP) is 5.19. The molecule has 6 nitrogen and oxygen atoms in total. The van der Waals surface area contributed by atoms with Crippen LogP contribution in [0.5, 0.6) is 0 Å². The number of imide groups is 1. The summed E-state index contributed by atoms with van der Waals surface area (Å²) >= 11 is 0.678. The van der Waals surface area contributed by atoms with E-state index >= 15 is 0 Å². The number of nitrogens with zero attached hydrogens (tertiary/aromatic N) is 2. The molecule has 4 rings (SSSR count). The maximum absolute atomic E-state index is 13.8. The van der Waals surface area contributed by atoms with Crippen molar-refractivity contribution in [2.24, 2.45) is 0 Å². The summed E-state index contributed by atoms with van der Waals surface area (Å²) < 4.78 is 42.2. The summed E-state index contributed by atoms with van der Waals surface area (Å²) in [5.74, 6) is -6.33. The smallest absolute Gasteiger partial charge is 0.294 e. The molecule has 174 valence electrons. The summed E-state index contributed by atoms with van der Waals surface area (Å²) in [5, 5.41) is 1.38. The van der Waals surface area contributed by atoms with Crippen LogP contribution in [-0.2, 0) is 9.59 Å². The van der Waals surface area contributed by atoms with Gasteiger partial charge in [-0.3, -0.25) is 19.3 Å². The van der Waals surface area contributed by atoms with Crippen molar-refractivity contribution in [1.29, 1.82) is 0 Å². The van der Waals surface area contributed by atoms with Crippen molar-refractivity contribution in [3.05, 3.63) is 87.8 Å². The van der Waals surface area contributed by atoms with Crippen LogP contribution in [0.3, 0.4) is 0 Å². The van der Waals surface area contributed by atoms with Crippen LogP contribution in [0, 0.1) is 31.3 Å². The number of thioether (sulfide) groups is 1. The molecule has 2 aromatic carbocycles. The van der Waals surface area contributed by atoms with Gasteiger partial charge in [-0.25, -0.2) is 13.2 Å². The number of carbonyl (C=O) groups excluding carboxylic acids is 3. The van der Waals surface area contributed by atoms with E-state index in [-0.39, 0.29) is 4.91 Å². The van der Waals surface area contributed by atoms with Crippen molar-refractivity contribution < 1.29 is 27.6 Å². The van der Waals surface area contributed by atoms with E-state index in [2.05, 4.69) is 5.32 Å². The fourth-order valence-electron chi connectivity index (χ4n) is 3.64. The molecule has 1 aliphatic heterocycles. The first-order valence-electron chi connectivity index (χ1n) is 10.1. The maximum atomic E-state index is 13.8. The molecule has 1 fully saturated rings. The molecule has 3 aromatic rings. The zero-order valence-corrected chi connectivity index (χ0v) is 18.9. The molecule has 3 amide bonds. The Kier molecular flexibility index (Phi) is 6.34. The largest absolute Gasteiger partial charge is 0.322 e. The number of aryl methyl sites for hydroxylation is 1. The van der Waals surface area contributed by atoms with E-state index in [1.807, 2.05) is 54.8 Å². The Labute approximate surface area is 197 Å². The van der Waals surface area contributed by atoms with Crippen LogP contribution < -0.4 is 5.32 Å². The van der Waals surface area contributed by atoms with Crippen molar-refractivity contribution in [2.75, 3.05) is 11.9 Å². The lowest BCUT2D eigenvalue weighted by molar-refractivity contribution is -0.127. The molecule has 0 aliphatic carbocycles. The van der Waals surface area contributed by atoms with Crippen molar-refractivity contribution in [2.45, 2.75) is 13.8 Å². The SMILES string of the molecule is Cc1cc(/C=C2/SC(=O)N(CC(=O)Nc3ccc(F)c(F)c3F)C2=O)c(C)n1-c1ccccc1. The molecule has 1 N–H and O–H groups in total. The monoisotopic (exact) mass is 485 g/mol. The Bertz CT molecular complexity index is 1350. The lowest BCUT2D eigenvalue weighted by atomic mass is 10.2. The predicted molar refractivity (Wildman–Crippen MR) is 123 cm³/mol. The fraction of sp³-hybridized carbons (Fsp3) is 0.125. The number of hydrogen-bond acceptors (Lipinski definition) is 4. The Morgan fingerprint density at radius 3 is 2.44 bits per heavy atom. The number of para-hydroxylation sites is 1. The van der Waals surface area contributed by atoms with Gasteiger partial charge >= 0.3 is 0 Å². The highest BCUT2D eigenvalue weighted by Crippen LogP contribution is 2.33. The summed E-state index contributed by atoms with van der Waals surface area (Å²) in [7, 11) is 0. The normalized spacial score (nSPS) is 14.9. The molecule has 0 radical (unpaired) electrons. The average molecular weight is 485 g/mol. The van der Waals surface area contributed by atoms with Crippen LogP contribution in [0.15, 0.2) is 53.4 Å². The zero-order valence-electron chi connectivity index (χ0n) is 18.1. The van der Waals surface area contributed by atoms with Gasteiger partial charge in [0.2, 0.25) is 5.91 Å². The number of hydrogen-bond donors (Lipinski definition) is 1. The second-order valence-corrected chi connectivity index (χ2v) is 8.53. The highest BCUT2D eigenvalue weighted by molar-refractivity contribution is 8.18. The van der Waals surface area contributed by atoms with Crippen LogP contribution in [0.25, 0.3) is 11.8 Å². The lowest BCUT2D eigenvalue weighted by Gasteiger charge is -2.13. The molecule has 0 atom stereocenters. The molecule has 0 saturated carbocycles. The van der Waals surface area contributed by atoms with Crippen LogP contribution in [0.1, 0.15) is 17.0 Å². The zero-order chi connectivity index (χ0) is 24.6. The fourth-order valence-corrected chi connectivity index (χ4v) is 4.47. The third kappa shape index (κ3) is 4.36. The van der Waals surface area contributed by atoms with Gasteiger partial charge in [-0.1, -0.05) is 18.2 Å². The van der Waals surface area contributed by atoms with Crippen LogP contribution >= 0.6 is 11.8 Å². The molecule has 0 spiro atoms. The maximum Gasteiger partial charge on any atom is 0.294 e. The Morgan fingerprint density at radius 2 is 1.74 bits per heavy atom. The van der Waals surface area contributed by atoms with Gasteiger partial charge in [0.25, 0.3) is 11.1 Å². The topological polar surface area (TPSA) is 71.4 Å². The molecule has 2 heterocycles. The molecule has 1 aliphatic rings. The number of benzene rings is 2. The molecular formula is C24H18F3N3O3S. The summed E-state index contributed by atoms with van der Waals surface area (Å²) in [6.07, 6.45) is 1.58. The van der Waals surface area contributed by atoms with Gasteiger partial charge < -0.3 is 9.88 Å². The van der Waals surface area contributed by atoms with Gasteiger partial charge in [-0.05, 0) is 67.6 Å². The third-order valence-electron chi connectivity index (χ3n) is 5.26. The van der Waals surface area contributed by atoms with E-state index in [1.54, 1.807) is 6.08 Å². The summed E-state index contributed by atoms with van der Waals surface area (Å²) in [5.41, 5.74) is 2.88. The van der Waals surface area contributed by atoms with Gasteiger partial charge in [0, 0.05) is 17.1 Å². The molecular weight excluding hydrogens is 467 g/mol. The Morgan fingerprint density at radius 1 is 1.03 bits per heavy atom. The van der Waals surface area contributed by atoms with Crippen LogP contribution in [0.4, 0.5) is 23.7 Å². The molecule has 0 unspecified atom stereocenters. The molecule has 10 heteroatoms. The standard InChI is InChI=1S/C24H18F3N3O3S/c1-13-10-15(14(2)30(13)16-6-4-3-5-7-16)11-19-23(32)29(24(33)34-19)12-20(31)28-18-9-8-17(25)21(26)22(18)27/h3-11H,12H2,1-2H3,(H,28,31)/b19-11+.